The van der Waals surface area contributed by atoms with E-state index in [1.165, 1.54) is 215 Å². The van der Waals surface area contributed by atoms with Crippen molar-refractivity contribution >= 4 is 11.1 Å². The van der Waals surface area contributed by atoms with Gasteiger partial charge in [0.25, 0.3) is 0 Å². The van der Waals surface area contributed by atoms with Crippen LogP contribution in [0.15, 0.2) is 111 Å². The Balaban J connectivity index is 0.000000119. The van der Waals surface area contributed by atoms with E-state index >= 15 is 0 Å². The Kier molecular flexibility index (Phi) is 28.5. The summed E-state index contributed by atoms with van der Waals surface area (Å²) in [6, 6.07) is 24.8. The predicted octanol–water partition coefficient (Wildman–Crippen LogP) is 21.2. The van der Waals surface area contributed by atoms with Gasteiger partial charge in [-0.05, 0) is 71.6 Å². The number of fused-ring (bicyclic) bond motifs is 4. The van der Waals surface area contributed by atoms with Gasteiger partial charge in [0.1, 0.15) is 11.1 Å². The molecule has 0 unspecified atom stereocenters. The van der Waals surface area contributed by atoms with Crippen molar-refractivity contribution in [1.29, 1.82) is 0 Å². The maximum Gasteiger partial charge on any atom is 0.344 e. The summed E-state index contributed by atoms with van der Waals surface area (Å²) in [5.41, 5.74) is 6.96. The molecule has 0 atom stereocenters. The Morgan fingerprint density at radius 1 is 0.202 bits per heavy atom. The van der Waals surface area contributed by atoms with E-state index in [1.807, 2.05) is 24.3 Å². The van der Waals surface area contributed by atoms with Crippen molar-refractivity contribution in [1.82, 2.24) is 0 Å². The van der Waals surface area contributed by atoms with Crippen molar-refractivity contribution in [2.45, 2.75) is 309 Å². The zero-order valence-corrected chi connectivity index (χ0v) is 54.0. The van der Waals surface area contributed by atoms with E-state index in [4.69, 9.17) is 0 Å². The van der Waals surface area contributed by atoms with E-state index in [1.54, 1.807) is 103 Å². The van der Waals surface area contributed by atoms with Gasteiger partial charge in [0.2, 0.25) is 22.8 Å². The average Bonchev–Trinajstić information content (AvgIpc) is 3.79. The number of aromatic nitrogens is 4. The van der Waals surface area contributed by atoms with Crippen LogP contribution >= 0.6 is 0 Å². The van der Waals surface area contributed by atoms with Crippen LogP contribution in [0.25, 0.3) is 11.1 Å². The fourth-order valence-corrected chi connectivity index (χ4v) is 18.0. The van der Waals surface area contributed by atoms with E-state index in [0.29, 0.717) is 0 Å². The summed E-state index contributed by atoms with van der Waals surface area (Å²) >= 11 is 0. The molecule has 0 amide bonds. The Bertz CT molecular complexity index is 2040. The van der Waals surface area contributed by atoms with Crippen molar-refractivity contribution < 1.29 is 18.3 Å². The highest BCUT2D eigenvalue weighted by atomic mass is 15.2. The van der Waals surface area contributed by atoms with Crippen LogP contribution in [0.2, 0.25) is 0 Å². The molecule has 0 spiro atoms. The van der Waals surface area contributed by atoms with Gasteiger partial charge in [-0.3, -0.25) is 0 Å². The predicted molar refractivity (Wildman–Crippen MR) is 354 cm³/mol. The number of hydrogen-bond acceptors (Lipinski definition) is 0. The maximum absolute atomic E-state index is 4.16. The topological polar surface area (TPSA) is 15.5 Å². The van der Waals surface area contributed by atoms with Crippen molar-refractivity contribution in [2.24, 2.45) is 47.3 Å². The Hall–Kier alpha value is -3.92. The second-order valence-corrected chi connectivity index (χ2v) is 28.8. The first kappa shape index (κ1) is 64.6. The van der Waals surface area contributed by atoms with E-state index in [2.05, 4.69) is 105 Å². The molecule has 0 N–H and O–H groups in total. The number of pyridine rings is 4. The highest BCUT2D eigenvalue weighted by Gasteiger charge is 2.32. The third-order valence-corrected chi connectivity index (χ3v) is 23.0. The molecule has 6 heterocycles. The van der Waals surface area contributed by atoms with Crippen LogP contribution < -0.4 is 18.3 Å². The summed E-state index contributed by atoms with van der Waals surface area (Å²) in [7, 11) is 0. The molecule has 4 aromatic rings. The molecule has 11 aliphatic rings. The van der Waals surface area contributed by atoms with Gasteiger partial charge < -0.3 is 0 Å². The van der Waals surface area contributed by atoms with Gasteiger partial charge in [0.05, 0.1) is 0 Å². The van der Waals surface area contributed by atoms with E-state index in [-0.39, 0.29) is 0 Å². The summed E-state index contributed by atoms with van der Waals surface area (Å²) in [5.74, 6) is 9.10. The molecule has 0 radical (unpaired) electrons. The lowest BCUT2D eigenvalue weighted by Gasteiger charge is -2.32. The molecule has 0 saturated heterocycles. The number of hydrogen-bond donors (Lipinski definition) is 0. The summed E-state index contributed by atoms with van der Waals surface area (Å²) < 4.78 is 8.81. The minimum atomic E-state index is 0.866. The van der Waals surface area contributed by atoms with Crippen LogP contribution in [0, 0.1) is 47.3 Å². The maximum atomic E-state index is 4.16. The molecule has 4 aromatic heterocycles. The third-order valence-electron chi connectivity index (χ3n) is 23.0. The molecule has 84 heavy (non-hydrogen) atoms. The first-order valence-corrected chi connectivity index (χ1v) is 36.9. The summed E-state index contributed by atoms with van der Waals surface area (Å²) in [4.78, 5) is 0. The molecule has 4 nitrogen and oxygen atoms in total. The quantitative estimate of drug-likeness (QED) is 0.156. The Labute approximate surface area is 516 Å². The fraction of sp³-hybridized carbons (Fsp3) is 0.700. The minimum absolute atomic E-state index is 0.866. The van der Waals surface area contributed by atoms with E-state index in [9.17, 15) is 0 Å². The highest BCUT2D eigenvalue weighted by molar-refractivity contribution is 5.71. The van der Waals surface area contributed by atoms with Gasteiger partial charge in [-0.1, -0.05) is 309 Å². The summed E-state index contributed by atoms with van der Waals surface area (Å²) in [6.07, 6.45) is 78.9. The molecule has 0 bridgehead atoms. The normalized spacial score (nSPS) is 23.0. The van der Waals surface area contributed by atoms with Crippen molar-refractivity contribution in [2.75, 3.05) is 0 Å². The first-order chi connectivity index (χ1) is 41.6. The molecular weight excluding hydrogens is 1020 g/mol. The smallest absolute Gasteiger partial charge is 0.139 e. The average molecular weight is 1140 g/mol. The van der Waals surface area contributed by atoms with Gasteiger partial charge >= 0.3 is 13.3 Å². The third kappa shape index (κ3) is 20.6. The molecule has 9 saturated carbocycles. The fourth-order valence-electron chi connectivity index (χ4n) is 18.0. The van der Waals surface area contributed by atoms with Crippen molar-refractivity contribution in [3.05, 3.63) is 134 Å². The Morgan fingerprint density at radius 2 is 0.345 bits per heavy atom. The first-order valence-electron chi connectivity index (χ1n) is 36.9. The van der Waals surface area contributed by atoms with Crippen LogP contribution in [0.4, 0.5) is 0 Å². The molecule has 460 valence electrons. The molecule has 9 aliphatic carbocycles. The number of nitrogens with zero attached hydrogens (tertiary/aromatic N) is 4. The molecule has 0 aromatic carbocycles. The van der Waals surface area contributed by atoms with Crippen molar-refractivity contribution in [3.8, 4) is 0 Å². The van der Waals surface area contributed by atoms with Gasteiger partial charge in [-0.2, -0.15) is 0 Å². The van der Waals surface area contributed by atoms with E-state index in [0.717, 1.165) is 71.8 Å². The minimum Gasteiger partial charge on any atom is -0.139 e. The lowest BCUT2D eigenvalue weighted by atomic mass is 9.73. The Morgan fingerprint density at radius 3 is 0.500 bits per heavy atom. The van der Waals surface area contributed by atoms with Crippen LogP contribution in [-0.2, 0) is 13.3 Å². The van der Waals surface area contributed by atoms with Gasteiger partial charge in [0.15, 0.2) is 24.8 Å². The van der Waals surface area contributed by atoms with Crippen LogP contribution in [0.1, 0.15) is 318 Å². The monoisotopic (exact) mass is 1140 g/mol. The summed E-state index contributed by atoms with van der Waals surface area (Å²) in [6.45, 7) is 10.0. The van der Waals surface area contributed by atoms with Gasteiger partial charge in [-0.25, -0.2) is 0 Å². The zero-order chi connectivity index (χ0) is 57.6. The molecular formula is C80H124N4+4. The van der Waals surface area contributed by atoms with Crippen LogP contribution in [0.3, 0.4) is 0 Å². The van der Waals surface area contributed by atoms with E-state index < -0.39 is 0 Å². The summed E-state index contributed by atoms with van der Waals surface area (Å²) in [5, 5.41) is 0. The van der Waals surface area contributed by atoms with Gasteiger partial charge in [0, 0.05) is 48.5 Å². The standard InChI is InChI=1S/2C13H12N2.4C12H22.C6H12/c2*1-11-12-6-2-4-8-14(12)10-15-9-5-3-7-13(11)15;4*1-3-7-11(8-4-1)12-9-5-2-6-10-12;1-2-4-6-5-3-1/h2*2-9H,1,10H2;4*11-12H,1-10H2;1-6H2/q2*+2;;;;;. The lowest BCUT2D eigenvalue weighted by Crippen LogP contribution is -2.58. The van der Waals surface area contributed by atoms with Crippen LogP contribution in [0.5, 0.6) is 0 Å². The SMILES string of the molecule is C1CCC(C2CCCCC2)CC1.C1CCC(C2CCCCC2)CC1.C1CCC(C2CCCCC2)CC1.C1CCC(C2CCCCC2)CC1.C1CCCCC1.C=C1c2cccc[n+]2C[n+]2ccccc21.C=C1c2cccc[n+]2C[n+]2ccccc21. The molecule has 4 heteroatoms. The molecule has 2 aliphatic heterocycles. The second-order valence-electron chi connectivity index (χ2n) is 28.8. The largest absolute Gasteiger partial charge is 0.344 e. The zero-order valence-electron chi connectivity index (χ0n) is 54.0. The second kappa shape index (κ2) is 37.0. The highest BCUT2D eigenvalue weighted by Crippen LogP contribution is 2.41. The van der Waals surface area contributed by atoms with Gasteiger partial charge in [-0.15, -0.1) is 18.3 Å². The van der Waals surface area contributed by atoms with Crippen LogP contribution in [-0.4, -0.2) is 0 Å². The molecule has 15 rings (SSSR count). The molecule has 9 fully saturated rings. The lowest BCUT2D eigenvalue weighted by molar-refractivity contribution is -0.921. The number of rotatable bonds is 4. The van der Waals surface area contributed by atoms with Crippen molar-refractivity contribution in [3.63, 3.8) is 0 Å².